The Kier molecular flexibility index (Phi) is 9.65. The van der Waals surface area contributed by atoms with Gasteiger partial charge in [-0.25, -0.2) is 9.29 Å². The van der Waals surface area contributed by atoms with Crippen molar-refractivity contribution in [3.05, 3.63) is 128 Å². The Bertz CT molecular complexity index is 2450. The number of amides is 4. The number of imide groups is 2. The van der Waals surface area contributed by atoms with Gasteiger partial charge in [0.1, 0.15) is 5.82 Å². The lowest BCUT2D eigenvalue weighted by atomic mass is 9.49. The molecule has 6 unspecified atom stereocenters. The van der Waals surface area contributed by atoms with Crippen LogP contribution < -0.4 is 15.1 Å². The molecule has 8 rings (SSSR count). The molecule has 2 aliphatic heterocycles. The summed E-state index contributed by atoms with van der Waals surface area (Å²) >= 11 is 9.64. The van der Waals surface area contributed by atoms with Crippen molar-refractivity contribution in [2.24, 2.45) is 23.7 Å². The third kappa shape index (κ3) is 6.35. The zero-order chi connectivity index (χ0) is 42.5. The van der Waals surface area contributed by atoms with Gasteiger partial charge in [0.05, 0.1) is 57.3 Å². The Morgan fingerprint density at radius 2 is 1.47 bits per heavy atom. The van der Waals surface area contributed by atoms with Crippen molar-refractivity contribution in [1.82, 2.24) is 5.01 Å². The van der Waals surface area contributed by atoms with Crippen LogP contribution in [0, 0.1) is 29.5 Å². The maximum atomic E-state index is 15.3. The molecule has 4 amide bonds. The van der Waals surface area contributed by atoms with Crippen LogP contribution in [0.5, 0.6) is 11.5 Å². The molecule has 4 aromatic carbocycles. The minimum Gasteiger partial charge on any atom is -0.503 e. The lowest BCUT2D eigenvalue weighted by molar-refractivity contribution is -0.143. The van der Waals surface area contributed by atoms with Crippen LogP contribution in [-0.2, 0) is 36.9 Å². The number of carbonyl (C=O) groups is 4. The van der Waals surface area contributed by atoms with E-state index in [0.29, 0.717) is 33.7 Å². The van der Waals surface area contributed by atoms with E-state index in [1.54, 1.807) is 18.2 Å². The molecular formula is C41H28BrClF7N3O6. The third-order valence-electron chi connectivity index (χ3n) is 11.7. The van der Waals surface area contributed by atoms with Crippen LogP contribution in [0.3, 0.4) is 0 Å². The Morgan fingerprint density at radius 1 is 0.847 bits per heavy atom. The topological polar surface area (TPSA) is 116 Å². The molecule has 2 aliphatic carbocycles. The fourth-order valence-corrected chi connectivity index (χ4v) is 9.85. The van der Waals surface area contributed by atoms with Gasteiger partial charge < -0.3 is 9.84 Å². The number of hydrogen-bond acceptors (Lipinski definition) is 7. The van der Waals surface area contributed by atoms with Gasteiger partial charge in [-0.2, -0.15) is 31.4 Å². The lowest BCUT2D eigenvalue weighted by Gasteiger charge is -2.50. The minimum absolute atomic E-state index is 0.0463. The number of anilines is 2. The van der Waals surface area contributed by atoms with Gasteiger partial charge in [0.2, 0.25) is 11.8 Å². The van der Waals surface area contributed by atoms with E-state index in [0.717, 1.165) is 17.1 Å². The maximum Gasteiger partial charge on any atom is 0.416 e. The first-order valence-corrected chi connectivity index (χ1v) is 19.0. The van der Waals surface area contributed by atoms with Gasteiger partial charge in [-0.15, -0.1) is 0 Å². The molecule has 306 valence electrons. The van der Waals surface area contributed by atoms with E-state index in [1.165, 1.54) is 43.5 Å². The number of rotatable bonds is 6. The van der Waals surface area contributed by atoms with Crippen LogP contribution in [0.1, 0.15) is 41.0 Å². The van der Waals surface area contributed by atoms with E-state index in [2.05, 4.69) is 21.4 Å². The summed E-state index contributed by atoms with van der Waals surface area (Å²) in [6, 6.07) is 14.4. The molecule has 0 aromatic heterocycles. The standard InChI is InChI=1S/C41H28BrClF7N3O6/c1-59-31-13-18(12-30(42)34(31)54)33-26-10-11-27-32(37(57)52(35(27)55)25-15-20(40(45,46)47)14-21(16-25)41(48,49)50)28(26)17-29-36(56)53(51-24-8-6-23(44)7-9-24)38(58)39(29,33)19-2-4-22(43)5-3-19/h2-10,12-16,27-29,32-33,51,54H,11,17H2,1H3. The van der Waals surface area contributed by atoms with Gasteiger partial charge in [0.25, 0.3) is 11.8 Å². The van der Waals surface area contributed by atoms with Crippen LogP contribution in [-0.4, -0.2) is 40.9 Å². The number of carbonyl (C=O) groups excluding carboxylic acids is 4. The highest BCUT2D eigenvalue weighted by atomic mass is 79.9. The lowest BCUT2D eigenvalue weighted by Crippen LogP contribution is -2.53. The largest absolute Gasteiger partial charge is 0.503 e. The second-order valence-electron chi connectivity index (χ2n) is 14.7. The van der Waals surface area contributed by atoms with Crippen LogP contribution in [0.25, 0.3) is 0 Å². The monoisotopic (exact) mass is 905 g/mol. The predicted molar refractivity (Wildman–Crippen MR) is 200 cm³/mol. The van der Waals surface area contributed by atoms with E-state index < -0.39 is 93.6 Å². The Balaban J connectivity index is 1.33. The molecule has 2 saturated heterocycles. The van der Waals surface area contributed by atoms with Crippen LogP contribution in [0.15, 0.2) is 95.0 Å². The average molecular weight is 907 g/mol. The number of ether oxygens (including phenoxy) is 1. The van der Waals surface area contributed by atoms with Gasteiger partial charge in [0, 0.05) is 10.9 Å². The molecular weight excluding hydrogens is 879 g/mol. The number of methoxy groups -OCH3 is 1. The number of allylic oxidation sites excluding steroid dienone is 2. The van der Waals surface area contributed by atoms with Crippen molar-refractivity contribution in [3.8, 4) is 11.5 Å². The molecule has 2 heterocycles. The summed E-state index contributed by atoms with van der Waals surface area (Å²) < 4.78 is 103. The summed E-state index contributed by atoms with van der Waals surface area (Å²) in [5, 5.41) is 11.9. The van der Waals surface area contributed by atoms with E-state index in [9.17, 15) is 50.2 Å². The quantitative estimate of drug-likeness (QED) is 0.113. The molecule has 0 bridgehead atoms. The predicted octanol–water partition coefficient (Wildman–Crippen LogP) is 9.18. The van der Waals surface area contributed by atoms with Gasteiger partial charge >= 0.3 is 12.4 Å². The molecule has 1 saturated carbocycles. The summed E-state index contributed by atoms with van der Waals surface area (Å²) in [6.45, 7) is 0. The highest BCUT2D eigenvalue weighted by molar-refractivity contribution is 9.10. The zero-order valence-corrected chi connectivity index (χ0v) is 32.5. The van der Waals surface area contributed by atoms with Crippen LogP contribution in [0.2, 0.25) is 5.02 Å². The number of halogens is 9. The van der Waals surface area contributed by atoms with E-state index >= 15 is 4.79 Å². The van der Waals surface area contributed by atoms with E-state index in [4.69, 9.17) is 16.3 Å². The Hall–Kier alpha value is -5.42. The van der Waals surface area contributed by atoms with Crippen molar-refractivity contribution in [2.45, 2.75) is 36.5 Å². The number of hydrazine groups is 1. The highest BCUT2D eigenvalue weighted by Gasteiger charge is 2.70. The molecule has 3 fully saturated rings. The average Bonchev–Trinajstić information content (AvgIpc) is 3.56. The van der Waals surface area contributed by atoms with Crippen LogP contribution in [0.4, 0.5) is 42.1 Å². The fourth-order valence-electron chi connectivity index (χ4n) is 9.27. The number of phenolic OH excluding ortho intramolecular Hbond substituents is 1. The summed E-state index contributed by atoms with van der Waals surface area (Å²) in [5.41, 5.74) is -2.29. The number of phenols is 1. The number of nitrogens with one attached hydrogen (secondary N) is 1. The highest BCUT2D eigenvalue weighted by Crippen LogP contribution is 2.65. The second-order valence-corrected chi connectivity index (χ2v) is 16.0. The molecule has 59 heavy (non-hydrogen) atoms. The number of fused-ring (bicyclic) bond motifs is 4. The van der Waals surface area contributed by atoms with Gasteiger partial charge in [0.15, 0.2) is 11.5 Å². The molecule has 18 heteroatoms. The van der Waals surface area contributed by atoms with Crippen molar-refractivity contribution in [1.29, 1.82) is 0 Å². The Morgan fingerprint density at radius 3 is 2.07 bits per heavy atom. The summed E-state index contributed by atoms with van der Waals surface area (Å²) in [7, 11) is 1.28. The van der Waals surface area contributed by atoms with Crippen molar-refractivity contribution >= 4 is 62.5 Å². The maximum absolute atomic E-state index is 15.3. The molecule has 0 radical (unpaired) electrons. The summed E-state index contributed by atoms with van der Waals surface area (Å²) in [5.74, 6) is -10.9. The molecule has 0 spiro atoms. The zero-order valence-electron chi connectivity index (χ0n) is 30.2. The summed E-state index contributed by atoms with van der Waals surface area (Å²) in [4.78, 5) is 59.1. The first-order valence-electron chi connectivity index (χ1n) is 17.9. The number of hydrogen-bond donors (Lipinski definition) is 2. The first-order chi connectivity index (χ1) is 27.8. The van der Waals surface area contributed by atoms with E-state index in [1.807, 2.05) is 0 Å². The number of alkyl halides is 6. The molecule has 2 N–H and O–H groups in total. The Labute approximate surface area is 343 Å². The summed E-state index contributed by atoms with van der Waals surface area (Å²) in [6.07, 6.45) is -9.41. The fraction of sp³-hybridized carbons (Fsp3) is 0.268. The normalized spacial score (nSPS) is 25.5. The van der Waals surface area contributed by atoms with Crippen molar-refractivity contribution < 1.29 is 59.8 Å². The first kappa shape index (κ1) is 40.4. The minimum atomic E-state index is -5.27. The number of benzene rings is 4. The molecule has 4 aromatic rings. The van der Waals surface area contributed by atoms with E-state index in [-0.39, 0.29) is 45.6 Å². The van der Waals surface area contributed by atoms with Gasteiger partial charge in [-0.1, -0.05) is 35.4 Å². The van der Waals surface area contributed by atoms with Crippen molar-refractivity contribution in [3.63, 3.8) is 0 Å². The second kappa shape index (κ2) is 14.1. The van der Waals surface area contributed by atoms with Gasteiger partial charge in [-0.05, 0) is 113 Å². The number of nitrogens with zero attached hydrogens (tertiary/aromatic N) is 2. The third-order valence-corrected chi connectivity index (χ3v) is 12.5. The van der Waals surface area contributed by atoms with Gasteiger partial charge in [-0.3, -0.25) is 24.6 Å². The number of aromatic hydroxyl groups is 1. The SMILES string of the molecule is COc1cc(C2C3=CCC4C(=O)N(c5cc(C(F)(F)F)cc(C(F)(F)F)c5)C(=O)C4C3CC3C(=O)N(Nc4ccc(F)cc4)C(=O)C32c2ccc(Cl)cc2)cc(Br)c1O. The molecule has 9 nitrogen and oxygen atoms in total. The molecule has 4 aliphatic rings. The van der Waals surface area contributed by atoms with Crippen LogP contribution >= 0.6 is 27.5 Å². The van der Waals surface area contributed by atoms with Crippen molar-refractivity contribution in [2.75, 3.05) is 17.4 Å². The molecule has 6 atom stereocenters. The smallest absolute Gasteiger partial charge is 0.416 e.